The van der Waals surface area contributed by atoms with Gasteiger partial charge in [0.05, 0.1) is 17.1 Å². The summed E-state index contributed by atoms with van der Waals surface area (Å²) in [6.45, 7) is 8.87. The number of amides is 1. The van der Waals surface area contributed by atoms with E-state index in [1.54, 1.807) is 0 Å². The first kappa shape index (κ1) is 23.0. The van der Waals surface area contributed by atoms with Gasteiger partial charge in [-0.1, -0.05) is 18.2 Å². The number of nitrogens with zero attached hydrogens (tertiary/aromatic N) is 2. The van der Waals surface area contributed by atoms with Gasteiger partial charge in [-0.25, -0.2) is 0 Å². The molecule has 0 saturated heterocycles. The second kappa shape index (κ2) is 10.6. The lowest BCUT2D eigenvalue weighted by molar-refractivity contribution is 0.0943. The number of aromatic nitrogens is 2. The summed E-state index contributed by atoms with van der Waals surface area (Å²) < 4.78 is 1.05. The van der Waals surface area contributed by atoms with E-state index in [-0.39, 0.29) is 11.9 Å². The molecule has 1 amide bonds. The van der Waals surface area contributed by atoms with Crippen LogP contribution in [0.1, 0.15) is 31.1 Å². The zero-order valence-corrected chi connectivity index (χ0v) is 20.1. The molecule has 3 N–H and O–H groups in total. The van der Waals surface area contributed by atoms with E-state index < -0.39 is 0 Å². The second-order valence-corrected chi connectivity index (χ2v) is 8.58. The van der Waals surface area contributed by atoms with Crippen LogP contribution in [0.2, 0.25) is 0 Å². The van der Waals surface area contributed by atoms with Crippen LogP contribution in [-0.2, 0) is 0 Å². The third-order valence-electron chi connectivity index (χ3n) is 5.03. The first-order valence-electron chi connectivity index (χ1n) is 10.6. The Morgan fingerprint density at radius 3 is 2.65 bits per heavy atom. The van der Waals surface area contributed by atoms with Crippen LogP contribution < -0.4 is 15.5 Å². The fraction of sp³-hybridized carbons (Fsp3) is 0.333. The standard InChI is InChI=1S/C24H30BrN5O/c1-5-30(12-11-26-4)23-10-9-18(14-20(23)25)22-15-21(28-29-22)17-7-6-8-19(13-17)24(31)27-16(2)3/h6-10,13-16,26H,5,11-12H2,1-4H3,(H,27,31)(H,28,29). The third kappa shape index (κ3) is 5.74. The Balaban J connectivity index is 1.83. The van der Waals surface area contributed by atoms with Crippen LogP contribution in [0.25, 0.3) is 22.5 Å². The van der Waals surface area contributed by atoms with Gasteiger partial charge in [0.1, 0.15) is 0 Å². The van der Waals surface area contributed by atoms with Gasteiger partial charge < -0.3 is 15.5 Å². The Morgan fingerprint density at radius 2 is 1.97 bits per heavy atom. The molecule has 164 valence electrons. The number of nitrogens with one attached hydrogen (secondary N) is 3. The van der Waals surface area contributed by atoms with Crippen molar-refractivity contribution in [2.75, 3.05) is 31.6 Å². The zero-order valence-electron chi connectivity index (χ0n) is 18.5. The number of carbonyl (C=O) groups is 1. The summed E-state index contributed by atoms with van der Waals surface area (Å²) in [5.74, 6) is -0.0779. The smallest absolute Gasteiger partial charge is 0.251 e. The predicted molar refractivity (Wildman–Crippen MR) is 132 cm³/mol. The number of halogens is 1. The Morgan fingerprint density at radius 1 is 1.16 bits per heavy atom. The molecule has 31 heavy (non-hydrogen) atoms. The molecule has 0 atom stereocenters. The van der Waals surface area contributed by atoms with Crippen LogP contribution in [0.5, 0.6) is 0 Å². The maximum Gasteiger partial charge on any atom is 0.251 e. The van der Waals surface area contributed by atoms with Crippen molar-refractivity contribution in [2.24, 2.45) is 0 Å². The van der Waals surface area contributed by atoms with E-state index in [4.69, 9.17) is 0 Å². The summed E-state index contributed by atoms with van der Waals surface area (Å²) in [4.78, 5) is 14.7. The molecular formula is C24H30BrN5O. The summed E-state index contributed by atoms with van der Waals surface area (Å²) >= 11 is 3.73. The van der Waals surface area contributed by atoms with Crippen LogP contribution in [0.3, 0.4) is 0 Å². The number of H-pyrrole nitrogens is 1. The van der Waals surface area contributed by atoms with Gasteiger partial charge in [-0.15, -0.1) is 0 Å². The molecule has 1 heterocycles. The molecule has 0 radical (unpaired) electrons. The predicted octanol–water partition coefficient (Wildman–Crippen LogP) is 4.69. The van der Waals surface area contributed by atoms with Gasteiger partial charge in [-0.2, -0.15) is 5.10 Å². The monoisotopic (exact) mass is 483 g/mol. The second-order valence-electron chi connectivity index (χ2n) is 7.73. The van der Waals surface area contributed by atoms with Gasteiger partial charge in [0.15, 0.2) is 0 Å². The Bertz CT molecular complexity index is 1030. The highest BCUT2D eigenvalue weighted by Gasteiger charge is 2.13. The van der Waals surface area contributed by atoms with Crippen LogP contribution in [0, 0.1) is 0 Å². The Kier molecular flexibility index (Phi) is 7.87. The van der Waals surface area contributed by atoms with Crippen LogP contribution in [0.4, 0.5) is 5.69 Å². The number of rotatable bonds is 9. The van der Waals surface area contributed by atoms with Crippen molar-refractivity contribution in [1.29, 1.82) is 0 Å². The van der Waals surface area contributed by atoms with Gasteiger partial charge in [-0.3, -0.25) is 9.89 Å². The molecule has 0 aliphatic heterocycles. The van der Waals surface area contributed by atoms with Gasteiger partial charge >= 0.3 is 0 Å². The van der Waals surface area contributed by atoms with Crippen molar-refractivity contribution in [2.45, 2.75) is 26.8 Å². The molecule has 0 spiro atoms. The highest BCUT2D eigenvalue weighted by Crippen LogP contribution is 2.32. The summed E-state index contributed by atoms with van der Waals surface area (Å²) in [6.07, 6.45) is 0. The Labute approximate surface area is 192 Å². The van der Waals surface area contributed by atoms with E-state index in [1.807, 2.05) is 51.2 Å². The number of aromatic amines is 1. The maximum absolute atomic E-state index is 12.3. The topological polar surface area (TPSA) is 73.1 Å². The summed E-state index contributed by atoms with van der Waals surface area (Å²) in [7, 11) is 1.97. The Hall–Kier alpha value is -2.64. The molecule has 0 saturated carbocycles. The van der Waals surface area contributed by atoms with Gasteiger partial charge in [0.25, 0.3) is 5.91 Å². The minimum Gasteiger partial charge on any atom is -0.370 e. The summed E-state index contributed by atoms with van der Waals surface area (Å²) in [5.41, 5.74) is 5.48. The van der Waals surface area contributed by atoms with Crippen molar-refractivity contribution in [3.8, 4) is 22.5 Å². The van der Waals surface area contributed by atoms with Crippen molar-refractivity contribution in [3.05, 3.63) is 58.6 Å². The fourth-order valence-electron chi connectivity index (χ4n) is 3.41. The molecular weight excluding hydrogens is 454 g/mol. The molecule has 2 aromatic carbocycles. The molecule has 3 aromatic rings. The molecule has 0 aliphatic carbocycles. The average Bonchev–Trinajstić information content (AvgIpc) is 3.25. The lowest BCUT2D eigenvalue weighted by Crippen LogP contribution is -2.30. The van der Waals surface area contributed by atoms with Gasteiger partial charge in [0.2, 0.25) is 0 Å². The normalized spacial score (nSPS) is 11.0. The van der Waals surface area contributed by atoms with Crippen molar-refractivity contribution in [3.63, 3.8) is 0 Å². The first-order valence-corrected chi connectivity index (χ1v) is 11.4. The molecule has 0 fully saturated rings. The average molecular weight is 484 g/mol. The van der Waals surface area contributed by atoms with Crippen LogP contribution in [-0.4, -0.2) is 48.8 Å². The minimum atomic E-state index is -0.0779. The number of benzene rings is 2. The third-order valence-corrected chi connectivity index (χ3v) is 5.67. The van der Waals surface area contributed by atoms with E-state index >= 15 is 0 Å². The summed E-state index contributed by atoms with van der Waals surface area (Å²) in [5, 5.41) is 13.7. The lowest BCUT2D eigenvalue weighted by Gasteiger charge is -2.24. The number of hydrogen-bond donors (Lipinski definition) is 3. The number of hydrogen-bond acceptors (Lipinski definition) is 4. The molecule has 7 heteroatoms. The summed E-state index contributed by atoms with van der Waals surface area (Å²) in [6, 6.07) is 16.0. The van der Waals surface area contributed by atoms with E-state index in [0.29, 0.717) is 5.56 Å². The van der Waals surface area contributed by atoms with Crippen LogP contribution in [0.15, 0.2) is 53.0 Å². The van der Waals surface area contributed by atoms with Crippen molar-refractivity contribution in [1.82, 2.24) is 20.8 Å². The van der Waals surface area contributed by atoms with Crippen molar-refractivity contribution < 1.29 is 4.79 Å². The van der Waals surface area contributed by atoms with E-state index in [9.17, 15) is 4.79 Å². The van der Waals surface area contributed by atoms with E-state index in [1.165, 1.54) is 5.69 Å². The minimum absolute atomic E-state index is 0.0779. The van der Waals surface area contributed by atoms with Gasteiger partial charge in [0, 0.05) is 46.8 Å². The highest BCUT2D eigenvalue weighted by molar-refractivity contribution is 9.10. The number of anilines is 1. The molecule has 1 aromatic heterocycles. The van der Waals surface area contributed by atoms with E-state index in [2.05, 4.69) is 66.8 Å². The van der Waals surface area contributed by atoms with Gasteiger partial charge in [-0.05, 0) is 74.1 Å². The molecule has 0 unspecified atom stereocenters. The molecule has 0 aliphatic rings. The van der Waals surface area contributed by atoms with E-state index in [0.717, 1.165) is 46.6 Å². The molecule has 3 rings (SSSR count). The van der Waals surface area contributed by atoms with Crippen LogP contribution >= 0.6 is 15.9 Å². The lowest BCUT2D eigenvalue weighted by atomic mass is 10.1. The maximum atomic E-state index is 12.3. The quantitative estimate of drug-likeness (QED) is 0.412. The molecule has 6 nitrogen and oxygen atoms in total. The fourth-order valence-corrected chi connectivity index (χ4v) is 4.04. The van der Waals surface area contributed by atoms with Crippen molar-refractivity contribution >= 4 is 27.5 Å². The zero-order chi connectivity index (χ0) is 22.4. The number of carbonyl (C=O) groups excluding carboxylic acids is 1. The molecule has 0 bridgehead atoms. The first-order chi connectivity index (χ1) is 14.9. The largest absolute Gasteiger partial charge is 0.370 e. The SMILES string of the molecule is CCN(CCNC)c1ccc(-c2cc(-c3cccc(C(=O)NC(C)C)c3)n[nH]2)cc1Br. The number of likely N-dealkylation sites (N-methyl/N-ethyl adjacent to an activating group) is 2. The highest BCUT2D eigenvalue weighted by atomic mass is 79.9.